The predicted molar refractivity (Wildman–Crippen MR) is 171 cm³/mol. The first kappa shape index (κ1) is 27.4. The zero-order chi connectivity index (χ0) is 30.2. The van der Waals surface area contributed by atoms with Crippen LogP contribution in [0.3, 0.4) is 0 Å². The average molecular weight is 581 g/mol. The van der Waals surface area contributed by atoms with Crippen LogP contribution in [0.1, 0.15) is 42.4 Å². The third-order valence-electron chi connectivity index (χ3n) is 7.85. The Kier molecular flexibility index (Phi) is 7.06. The fourth-order valence-electron chi connectivity index (χ4n) is 5.76. The number of Topliss-reactive ketones (excluding diaryl/α,β-unsaturated/α-hetero) is 1. The Bertz CT molecular complexity index is 1870. The Hall–Kier alpha value is -5.43. The van der Waals surface area contributed by atoms with Gasteiger partial charge in [-0.25, -0.2) is 9.36 Å². The summed E-state index contributed by atoms with van der Waals surface area (Å²) in [5.41, 5.74) is 6.43. The normalized spacial score (nSPS) is 17.2. The predicted octanol–water partition coefficient (Wildman–Crippen LogP) is 8.66. The molecule has 1 saturated carbocycles. The summed E-state index contributed by atoms with van der Waals surface area (Å²) in [6.45, 7) is 6.01. The van der Waals surface area contributed by atoms with E-state index in [9.17, 15) is 4.79 Å². The Balaban J connectivity index is 1.30. The summed E-state index contributed by atoms with van der Waals surface area (Å²) in [6.07, 6.45) is 9.25. The number of hydrogen-bond donors (Lipinski definition) is 0. The number of carbonyl (C=O) groups excluding carboxylic acids is 1. The van der Waals surface area contributed by atoms with Crippen LogP contribution in [-0.2, 0) is 4.79 Å². The van der Waals surface area contributed by atoms with Crippen molar-refractivity contribution in [3.05, 3.63) is 131 Å². The van der Waals surface area contributed by atoms with E-state index in [-0.39, 0.29) is 11.7 Å². The van der Waals surface area contributed by atoms with E-state index >= 15 is 0 Å². The van der Waals surface area contributed by atoms with Crippen molar-refractivity contribution in [2.75, 3.05) is 0 Å². The summed E-state index contributed by atoms with van der Waals surface area (Å²) < 4.78 is 15.6. The van der Waals surface area contributed by atoms with Gasteiger partial charge in [0.2, 0.25) is 0 Å². The lowest BCUT2D eigenvalue weighted by Crippen LogP contribution is -2.18. The molecule has 0 spiro atoms. The smallest absolute Gasteiger partial charge is 0.185 e. The zero-order valence-corrected chi connectivity index (χ0v) is 24.9. The van der Waals surface area contributed by atoms with Crippen LogP contribution in [0.4, 0.5) is 0 Å². The number of ketones is 1. The number of benzene rings is 2. The number of para-hydroxylation sites is 2. The third kappa shape index (κ3) is 5.40. The average Bonchev–Trinajstić information content (AvgIpc) is 3.83. The maximum absolute atomic E-state index is 14.1. The van der Waals surface area contributed by atoms with Gasteiger partial charge in [-0.3, -0.25) is 4.79 Å². The minimum Gasteiger partial charge on any atom is -0.460 e. The molecule has 0 bridgehead atoms. The lowest BCUT2D eigenvalue weighted by molar-refractivity contribution is -0.113. The molecule has 1 aliphatic carbocycles. The van der Waals surface area contributed by atoms with Gasteiger partial charge in [0.25, 0.3) is 0 Å². The highest BCUT2D eigenvalue weighted by Gasteiger charge is 2.27. The maximum atomic E-state index is 14.1. The summed E-state index contributed by atoms with van der Waals surface area (Å²) >= 11 is 0. The van der Waals surface area contributed by atoms with Crippen LogP contribution in [0.25, 0.3) is 46.4 Å². The van der Waals surface area contributed by atoms with E-state index < -0.39 is 0 Å². The van der Waals surface area contributed by atoms with Crippen LogP contribution in [-0.4, -0.2) is 25.3 Å². The van der Waals surface area contributed by atoms with Crippen molar-refractivity contribution >= 4 is 17.9 Å². The van der Waals surface area contributed by atoms with Gasteiger partial charge in [0.05, 0.1) is 11.4 Å². The monoisotopic (exact) mass is 580 g/mol. The number of allylic oxidation sites excluding steroid dienone is 2. The SMILES string of the molecule is Cc1ccc(-c2nn(-c3ccccc3)cc2/C=C2\CC(C)C/C(=C\c3cn(-c4ccccc4)nc3-c3ccc(C)o3)C2=O)o1. The topological polar surface area (TPSA) is 79.0 Å². The van der Waals surface area contributed by atoms with E-state index in [4.69, 9.17) is 19.0 Å². The molecule has 4 aromatic heterocycles. The molecule has 0 saturated heterocycles. The quantitative estimate of drug-likeness (QED) is 0.184. The van der Waals surface area contributed by atoms with Gasteiger partial charge < -0.3 is 8.83 Å². The molecule has 218 valence electrons. The van der Waals surface area contributed by atoms with Crippen LogP contribution < -0.4 is 0 Å². The van der Waals surface area contributed by atoms with E-state index in [0.29, 0.717) is 35.7 Å². The number of furan rings is 2. The van der Waals surface area contributed by atoms with Gasteiger partial charge in [0.1, 0.15) is 22.9 Å². The highest BCUT2D eigenvalue weighted by molar-refractivity contribution is 6.14. The molecule has 7 nitrogen and oxygen atoms in total. The molecule has 7 heteroatoms. The van der Waals surface area contributed by atoms with Crippen molar-refractivity contribution in [2.45, 2.75) is 33.6 Å². The maximum Gasteiger partial charge on any atom is 0.185 e. The number of carbonyl (C=O) groups is 1. The Morgan fingerprint density at radius 1 is 0.659 bits per heavy atom. The molecule has 0 atom stereocenters. The van der Waals surface area contributed by atoms with Gasteiger partial charge in [0.15, 0.2) is 17.3 Å². The second-order valence-corrected chi connectivity index (χ2v) is 11.4. The fourth-order valence-corrected chi connectivity index (χ4v) is 5.76. The summed E-state index contributed by atoms with van der Waals surface area (Å²) in [7, 11) is 0. The van der Waals surface area contributed by atoms with Gasteiger partial charge >= 0.3 is 0 Å². The van der Waals surface area contributed by atoms with Crippen molar-refractivity contribution in [2.24, 2.45) is 5.92 Å². The van der Waals surface area contributed by atoms with Crippen molar-refractivity contribution in [1.82, 2.24) is 19.6 Å². The molecule has 6 aromatic rings. The van der Waals surface area contributed by atoms with Crippen LogP contribution in [0.5, 0.6) is 0 Å². The van der Waals surface area contributed by atoms with E-state index in [2.05, 4.69) is 6.92 Å². The van der Waals surface area contributed by atoms with E-state index in [1.54, 1.807) is 0 Å². The molecule has 7 rings (SSSR count). The molecule has 0 amide bonds. The molecule has 4 heterocycles. The molecule has 0 unspecified atom stereocenters. The van der Waals surface area contributed by atoms with Crippen LogP contribution in [0, 0.1) is 19.8 Å². The standard InChI is InChI=1S/C37H32N4O3/c1-24-18-27(20-29-22-40(31-10-6-4-7-11-31)38-35(29)33-16-14-25(2)43-33)37(42)28(19-24)21-30-23-41(32-12-8-5-9-13-32)39-36(30)34-17-15-26(3)44-34/h4-17,20-24H,18-19H2,1-3H3/b27-20+,28-21+. The number of aryl methyl sites for hydroxylation is 2. The summed E-state index contributed by atoms with van der Waals surface area (Å²) in [6, 6.07) is 27.6. The lowest BCUT2D eigenvalue weighted by atomic mass is 9.80. The van der Waals surface area contributed by atoms with Gasteiger partial charge in [-0.15, -0.1) is 0 Å². The van der Waals surface area contributed by atoms with E-state index in [0.717, 1.165) is 45.2 Å². The van der Waals surface area contributed by atoms with Gasteiger partial charge in [-0.2, -0.15) is 10.2 Å². The lowest BCUT2D eigenvalue weighted by Gasteiger charge is -2.22. The van der Waals surface area contributed by atoms with E-state index in [1.165, 1.54) is 0 Å². The number of nitrogens with zero attached hydrogens (tertiary/aromatic N) is 4. The molecular weight excluding hydrogens is 548 g/mol. The van der Waals surface area contributed by atoms with E-state index in [1.807, 2.05) is 133 Å². The molecule has 0 aliphatic heterocycles. The Morgan fingerprint density at radius 3 is 1.48 bits per heavy atom. The molecule has 2 aromatic carbocycles. The van der Waals surface area contributed by atoms with Crippen molar-refractivity contribution in [3.8, 4) is 34.3 Å². The van der Waals surface area contributed by atoms with Gasteiger partial charge in [0, 0.05) is 34.7 Å². The van der Waals surface area contributed by atoms with Gasteiger partial charge in [-0.1, -0.05) is 43.3 Å². The Labute approximate surface area is 255 Å². The first-order valence-corrected chi connectivity index (χ1v) is 14.8. The van der Waals surface area contributed by atoms with Crippen LogP contribution in [0.15, 0.2) is 117 Å². The molecule has 0 radical (unpaired) electrons. The summed E-state index contributed by atoms with van der Waals surface area (Å²) in [5.74, 6) is 3.26. The number of rotatable bonds is 6. The van der Waals surface area contributed by atoms with Gasteiger partial charge in [-0.05, 0) is 93.3 Å². The van der Waals surface area contributed by atoms with Crippen molar-refractivity contribution in [1.29, 1.82) is 0 Å². The zero-order valence-electron chi connectivity index (χ0n) is 24.9. The molecule has 44 heavy (non-hydrogen) atoms. The highest BCUT2D eigenvalue weighted by Crippen LogP contribution is 2.36. The largest absolute Gasteiger partial charge is 0.460 e. The minimum absolute atomic E-state index is 0.0335. The Morgan fingerprint density at radius 2 is 1.09 bits per heavy atom. The van der Waals surface area contributed by atoms with Crippen molar-refractivity contribution in [3.63, 3.8) is 0 Å². The first-order chi connectivity index (χ1) is 21.4. The second kappa shape index (κ2) is 11.3. The fraction of sp³-hybridized carbons (Fsp3) is 0.162. The highest BCUT2D eigenvalue weighted by atomic mass is 16.3. The molecule has 1 fully saturated rings. The number of aromatic nitrogens is 4. The molecular formula is C37H32N4O3. The van der Waals surface area contributed by atoms with Crippen molar-refractivity contribution < 1.29 is 13.6 Å². The summed E-state index contributed by atoms with van der Waals surface area (Å²) in [4.78, 5) is 14.1. The minimum atomic E-state index is 0.0335. The number of hydrogen-bond acceptors (Lipinski definition) is 5. The second-order valence-electron chi connectivity index (χ2n) is 11.4. The third-order valence-corrected chi connectivity index (χ3v) is 7.85. The van der Waals surface area contributed by atoms with Crippen LogP contribution >= 0.6 is 0 Å². The first-order valence-electron chi connectivity index (χ1n) is 14.8. The summed E-state index contributed by atoms with van der Waals surface area (Å²) in [5, 5.41) is 9.74. The molecule has 1 aliphatic rings. The van der Waals surface area contributed by atoms with Crippen LogP contribution in [0.2, 0.25) is 0 Å². The molecule has 0 N–H and O–H groups in total.